The van der Waals surface area contributed by atoms with Gasteiger partial charge in [0, 0.05) is 25.0 Å². The minimum absolute atomic E-state index is 0.000463. The summed E-state index contributed by atoms with van der Waals surface area (Å²) >= 11 is 0. The van der Waals surface area contributed by atoms with Crippen molar-refractivity contribution >= 4 is 5.78 Å². The maximum absolute atomic E-state index is 12.4. The van der Waals surface area contributed by atoms with Gasteiger partial charge in [0.05, 0.1) is 6.10 Å². The first-order valence-electron chi connectivity index (χ1n) is 6.95. The topological polar surface area (TPSA) is 38.3 Å². The minimum atomic E-state index is 0.000463. The van der Waals surface area contributed by atoms with Crippen LogP contribution < -0.4 is 5.32 Å². The number of methoxy groups -OCH3 is 1. The molecule has 100 valence electrons. The lowest BCUT2D eigenvalue weighted by Gasteiger charge is -2.29. The molecule has 0 radical (unpaired) electrons. The third kappa shape index (κ3) is 3.52. The van der Waals surface area contributed by atoms with Crippen LogP contribution in [0.1, 0.15) is 46.5 Å². The highest BCUT2D eigenvalue weighted by atomic mass is 16.5. The van der Waals surface area contributed by atoms with E-state index < -0.39 is 0 Å². The molecule has 1 N–H and O–H groups in total. The zero-order chi connectivity index (χ0) is 12.8. The number of hydrogen-bond donors (Lipinski definition) is 1. The van der Waals surface area contributed by atoms with Gasteiger partial charge in [-0.15, -0.1) is 0 Å². The first-order valence-corrected chi connectivity index (χ1v) is 6.95. The van der Waals surface area contributed by atoms with Gasteiger partial charge in [-0.05, 0) is 32.2 Å². The van der Waals surface area contributed by atoms with E-state index >= 15 is 0 Å². The van der Waals surface area contributed by atoms with Gasteiger partial charge >= 0.3 is 0 Å². The van der Waals surface area contributed by atoms with Crippen molar-refractivity contribution in [2.24, 2.45) is 11.8 Å². The fraction of sp³-hybridized carbons (Fsp3) is 0.929. The van der Waals surface area contributed by atoms with Crippen LogP contribution in [0, 0.1) is 11.8 Å². The van der Waals surface area contributed by atoms with Crippen LogP contribution in [-0.4, -0.2) is 31.6 Å². The number of ketones is 1. The van der Waals surface area contributed by atoms with E-state index in [1.807, 2.05) is 6.92 Å². The zero-order valence-electron chi connectivity index (χ0n) is 11.7. The quantitative estimate of drug-likeness (QED) is 0.744. The zero-order valence-corrected chi connectivity index (χ0v) is 11.7. The van der Waals surface area contributed by atoms with Crippen LogP contribution in [0.3, 0.4) is 0 Å². The monoisotopic (exact) mass is 241 g/mol. The molecule has 3 heteroatoms. The first kappa shape index (κ1) is 14.7. The summed E-state index contributed by atoms with van der Waals surface area (Å²) in [7, 11) is 1.72. The minimum Gasteiger partial charge on any atom is -0.379 e. The summed E-state index contributed by atoms with van der Waals surface area (Å²) in [5.41, 5.74) is 0. The van der Waals surface area contributed by atoms with Crippen molar-refractivity contribution in [1.29, 1.82) is 0 Å². The van der Waals surface area contributed by atoms with E-state index in [2.05, 4.69) is 19.2 Å². The van der Waals surface area contributed by atoms with Crippen LogP contribution in [0.5, 0.6) is 0 Å². The number of ether oxygens (including phenoxy) is 1. The maximum Gasteiger partial charge on any atom is 0.141 e. The van der Waals surface area contributed by atoms with Gasteiger partial charge in [-0.1, -0.05) is 20.8 Å². The van der Waals surface area contributed by atoms with Crippen molar-refractivity contribution in [3.05, 3.63) is 0 Å². The van der Waals surface area contributed by atoms with Crippen molar-refractivity contribution in [2.75, 3.05) is 13.7 Å². The van der Waals surface area contributed by atoms with Crippen LogP contribution >= 0.6 is 0 Å². The van der Waals surface area contributed by atoms with Gasteiger partial charge in [0.25, 0.3) is 0 Å². The van der Waals surface area contributed by atoms with Gasteiger partial charge in [0.15, 0.2) is 0 Å². The highest BCUT2D eigenvalue weighted by Crippen LogP contribution is 2.23. The molecule has 1 aliphatic rings. The van der Waals surface area contributed by atoms with Crippen LogP contribution in [0.4, 0.5) is 0 Å². The van der Waals surface area contributed by atoms with Crippen molar-refractivity contribution in [3.63, 3.8) is 0 Å². The Hall–Kier alpha value is -0.410. The molecule has 1 saturated heterocycles. The van der Waals surface area contributed by atoms with E-state index in [9.17, 15) is 4.79 Å². The Balaban J connectivity index is 2.64. The summed E-state index contributed by atoms with van der Waals surface area (Å²) < 4.78 is 5.57. The second-order valence-corrected chi connectivity index (χ2v) is 5.11. The fourth-order valence-electron chi connectivity index (χ4n) is 2.93. The lowest BCUT2D eigenvalue weighted by atomic mass is 9.84. The van der Waals surface area contributed by atoms with Crippen LogP contribution in [0.25, 0.3) is 0 Å². The highest BCUT2D eigenvalue weighted by Gasteiger charge is 2.34. The Morgan fingerprint density at radius 2 is 2.06 bits per heavy atom. The largest absolute Gasteiger partial charge is 0.379 e. The molecule has 0 spiro atoms. The standard InChI is InChI=1S/C14H27NO2/c1-5-11(6-2)13(16)10(3)14(17-4)12-8-7-9-15-12/h10-12,14-15H,5-9H2,1-4H3/t10-,12-,14+/m0/s1. The highest BCUT2D eigenvalue weighted by molar-refractivity contribution is 5.83. The summed E-state index contributed by atoms with van der Waals surface area (Å²) in [5, 5.41) is 3.44. The van der Waals surface area contributed by atoms with E-state index in [1.165, 1.54) is 6.42 Å². The lowest BCUT2D eigenvalue weighted by molar-refractivity contribution is -0.131. The van der Waals surface area contributed by atoms with E-state index in [0.717, 1.165) is 25.8 Å². The lowest BCUT2D eigenvalue weighted by Crippen LogP contribution is -2.44. The number of carbonyl (C=O) groups is 1. The number of Topliss-reactive ketones (excluding diaryl/α,β-unsaturated/α-hetero) is 1. The Morgan fingerprint density at radius 3 is 2.47 bits per heavy atom. The van der Waals surface area contributed by atoms with Crippen LogP contribution in [-0.2, 0) is 9.53 Å². The predicted octanol–water partition coefficient (Wildman–Crippen LogP) is 2.39. The van der Waals surface area contributed by atoms with E-state index in [1.54, 1.807) is 7.11 Å². The number of rotatable bonds is 7. The average Bonchev–Trinajstić information content (AvgIpc) is 2.85. The smallest absolute Gasteiger partial charge is 0.141 e. The second kappa shape index (κ2) is 7.12. The molecular formula is C14H27NO2. The molecule has 0 amide bonds. The molecule has 3 nitrogen and oxygen atoms in total. The molecular weight excluding hydrogens is 214 g/mol. The molecule has 0 bridgehead atoms. The summed E-state index contributed by atoms with van der Waals surface area (Å²) in [4.78, 5) is 12.4. The number of hydrogen-bond acceptors (Lipinski definition) is 3. The van der Waals surface area contributed by atoms with E-state index in [0.29, 0.717) is 11.8 Å². The van der Waals surface area contributed by atoms with Crippen molar-refractivity contribution in [3.8, 4) is 0 Å². The second-order valence-electron chi connectivity index (χ2n) is 5.11. The summed E-state index contributed by atoms with van der Waals surface area (Å²) in [5.74, 6) is 0.570. The molecule has 0 aromatic carbocycles. The molecule has 17 heavy (non-hydrogen) atoms. The third-order valence-corrected chi connectivity index (χ3v) is 4.10. The first-order chi connectivity index (χ1) is 8.15. The molecule has 0 unspecified atom stereocenters. The molecule has 0 aromatic heterocycles. The summed E-state index contributed by atoms with van der Waals surface area (Å²) in [6.07, 6.45) is 4.23. The molecule has 1 aliphatic heterocycles. The van der Waals surface area contributed by atoms with Gasteiger partial charge in [-0.2, -0.15) is 0 Å². The van der Waals surface area contributed by atoms with E-state index in [-0.39, 0.29) is 17.9 Å². The number of carbonyl (C=O) groups excluding carboxylic acids is 1. The fourth-order valence-corrected chi connectivity index (χ4v) is 2.93. The predicted molar refractivity (Wildman–Crippen MR) is 70.1 cm³/mol. The third-order valence-electron chi connectivity index (χ3n) is 4.10. The van der Waals surface area contributed by atoms with Crippen molar-refractivity contribution in [1.82, 2.24) is 5.32 Å². The molecule has 1 heterocycles. The molecule has 1 rings (SSSR count). The van der Waals surface area contributed by atoms with Crippen LogP contribution in [0.2, 0.25) is 0 Å². The Kier molecular flexibility index (Phi) is 6.14. The van der Waals surface area contributed by atoms with Crippen molar-refractivity contribution in [2.45, 2.75) is 58.6 Å². The van der Waals surface area contributed by atoms with Gasteiger partial charge in [0.2, 0.25) is 0 Å². The molecule has 3 atom stereocenters. The van der Waals surface area contributed by atoms with E-state index in [4.69, 9.17) is 4.74 Å². The van der Waals surface area contributed by atoms with Gasteiger partial charge in [-0.3, -0.25) is 4.79 Å². The Morgan fingerprint density at radius 1 is 1.41 bits per heavy atom. The molecule has 0 saturated carbocycles. The van der Waals surface area contributed by atoms with Gasteiger partial charge in [0.1, 0.15) is 5.78 Å². The molecule has 0 aromatic rings. The molecule has 1 fully saturated rings. The Bertz CT molecular complexity index is 232. The van der Waals surface area contributed by atoms with Gasteiger partial charge < -0.3 is 10.1 Å². The summed E-state index contributed by atoms with van der Waals surface area (Å²) in [6.45, 7) is 7.26. The van der Waals surface area contributed by atoms with Gasteiger partial charge in [-0.25, -0.2) is 0 Å². The SMILES string of the molecule is CCC(CC)C(=O)[C@H](C)[C@@H](OC)[C@@H]1CCCN1. The average molecular weight is 241 g/mol. The number of nitrogens with one attached hydrogen (secondary N) is 1. The Labute approximate surface area is 105 Å². The summed E-state index contributed by atoms with van der Waals surface area (Å²) in [6, 6.07) is 0.355. The van der Waals surface area contributed by atoms with Crippen molar-refractivity contribution < 1.29 is 9.53 Å². The van der Waals surface area contributed by atoms with Crippen LogP contribution in [0.15, 0.2) is 0 Å². The normalized spacial score (nSPS) is 23.9. The maximum atomic E-state index is 12.4. The molecule has 0 aliphatic carbocycles.